The fourth-order valence-corrected chi connectivity index (χ4v) is 6.43. The third kappa shape index (κ3) is 18.1. The van der Waals surface area contributed by atoms with E-state index in [1.165, 1.54) is 96.8 Å². The normalized spacial score (nSPS) is 17.5. The Hall–Kier alpha value is -0.830. The molecule has 0 aromatic carbocycles. The molecular formula is C32H62NO8P. The number of ether oxygens (including phenoxy) is 2. The fraction of sp³-hybridized carbons (Fsp3) is 0.938. The minimum atomic E-state index is -5.03. The molecule has 9 nitrogen and oxygen atoms in total. The highest BCUT2D eigenvalue weighted by atomic mass is 31.2. The lowest BCUT2D eigenvalue weighted by molar-refractivity contribution is -0.972. The highest BCUT2D eigenvalue weighted by molar-refractivity contribution is 7.44. The standard InChI is InChI=1S/C32H62NO8P/c1-4-5-6-7-8-9-10-11-12-13-14-15-16-17-18-21-26-39-27-22-23-32(29-40-42(36,37)38,33(3)24-19-20-25-33)41-31(35)28-30(2)34/h4-29H2,1-3H3,(H-,36,37,38). The van der Waals surface area contributed by atoms with Gasteiger partial charge >= 0.3 is 5.97 Å². The molecule has 0 spiro atoms. The maximum Gasteiger partial charge on any atom is 0.318 e. The Morgan fingerprint density at radius 1 is 0.810 bits per heavy atom. The molecule has 42 heavy (non-hydrogen) atoms. The van der Waals surface area contributed by atoms with E-state index >= 15 is 0 Å². The van der Waals surface area contributed by atoms with Crippen molar-refractivity contribution in [2.24, 2.45) is 0 Å². The van der Waals surface area contributed by atoms with Crippen LogP contribution in [0.1, 0.15) is 149 Å². The molecule has 1 heterocycles. The van der Waals surface area contributed by atoms with Crippen molar-refractivity contribution in [3.05, 3.63) is 0 Å². The van der Waals surface area contributed by atoms with Crippen LogP contribution in [-0.2, 0) is 28.2 Å². The van der Waals surface area contributed by atoms with Gasteiger partial charge in [0, 0.05) is 32.5 Å². The van der Waals surface area contributed by atoms with Crippen LogP contribution in [-0.4, -0.2) is 66.8 Å². The molecule has 1 rings (SSSR count). The Morgan fingerprint density at radius 3 is 1.71 bits per heavy atom. The van der Waals surface area contributed by atoms with Crippen LogP contribution in [0.3, 0.4) is 0 Å². The number of quaternary nitrogens is 1. The number of likely N-dealkylation sites (tertiary alicyclic amines) is 1. The van der Waals surface area contributed by atoms with Gasteiger partial charge in [0.2, 0.25) is 0 Å². The van der Waals surface area contributed by atoms with Gasteiger partial charge in [-0.2, -0.15) is 0 Å². The van der Waals surface area contributed by atoms with Crippen molar-refractivity contribution in [3.63, 3.8) is 0 Å². The number of ketones is 1. The van der Waals surface area contributed by atoms with E-state index in [4.69, 9.17) is 14.0 Å². The summed E-state index contributed by atoms with van der Waals surface area (Å²) in [5.41, 5.74) is -1.33. The summed E-state index contributed by atoms with van der Waals surface area (Å²) in [6, 6.07) is 0. The number of carbonyl (C=O) groups is 2. The van der Waals surface area contributed by atoms with E-state index in [1.54, 1.807) is 0 Å². The van der Waals surface area contributed by atoms with Crippen molar-refractivity contribution in [2.45, 2.75) is 154 Å². The lowest BCUT2D eigenvalue weighted by Gasteiger charge is -2.47. The van der Waals surface area contributed by atoms with E-state index in [-0.39, 0.29) is 10.3 Å². The van der Waals surface area contributed by atoms with Crippen LogP contribution in [0.15, 0.2) is 0 Å². The van der Waals surface area contributed by atoms with E-state index in [0.29, 0.717) is 39.1 Å². The number of phosphoric ester groups is 1. The van der Waals surface area contributed by atoms with Crippen LogP contribution < -0.4 is 4.89 Å². The zero-order valence-electron chi connectivity index (χ0n) is 27.1. The molecule has 1 fully saturated rings. The smallest absolute Gasteiger partial charge is 0.318 e. The van der Waals surface area contributed by atoms with Crippen LogP contribution in [0.5, 0.6) is 0 Å². The van der Waals surface area contributed by atoms with Gasteiger partial charge < -0.3 is 23.8 Å². The predicted octanol–water partition coefficient (Wildman–Crippen LogP) is 6.98. The summed E-state index contributed by atoms with van der Waals surface area (Å²) >= 11 is 0. The Kier molecular flexibility index (Phi) is 21.1. The number of hydrogen-bond acceptors (Lipinski definition) is 7. The summed E-state index contributed by atoms with van der Waals surface area (Å²) in [5.74, 6) is -1.05. The van der Waals surface area contributed by atoms with Crippen LogP contribution in [0.2, 0.25) is 0 Å². The average molecular weight is 620 g/mol. The quantitative estimate of drug-likeness (QED) is 0.0327. The second-order valence-electron chi connectivity index (χ2n) is 12.6. The minimum absolute atomic E-state index is 0.274. The molecule has 0 saturated carbocycles. The first-order chi connectivity index (χ1) is 20.0. The van der Waals surface area contributed by atoms with Crippen LogP contribution >= 0.6 is 7.82 Å². The van der Waals surface area contributed by atoms with Gasteiger partial charge in [-0.3, -0.25) is 18.6 Å². The van der Waals surface area contributed by atoms with E-state index in [2.05, 4.69) is 6.92 Å². The van der Waals surface area contributed by atoms with E-state index in [1.807, 2.05) is 7.05 Å². The molecule has 2 atom stereocenters. The van der Waals surface area contributed by atoms with Gasteiger partial charge in [-0.15, -0.1) is 0 Å². The molecule has 10 heteroatoms. The Bertz CT molecular complexity index is 768. The van der Waals surface area contributed by atoms with Crippen molar-refractivity contribution >= 4 is 19.6 Å². The second-order valence-corrected chi connectivity index (χ2v) is 13.8. The number of likely N-dealkylation sites (N-methyl/N-ethyl adjacent to an activating group) is 1. The number of phosphoric acid groups is 1. The molecule has 0 aliphatic carbocycles. The molecule has 1 saturated heterocycles. The molecule has 1 aliphatic rings. The predicted molar refractivity (Wildman–Crippen MR) is 165 cm³/mol. The molecule has 2 unspecified atom stereocenters. The molecule has 0 bridgehead atoms. The number of esters is 1. The van der Waals surface area contributed by atoms with Gasteiger partial charge in [0.25, 0.3) is 13.5 Å². The third-order valence-electron chi connectivity index (χ3n) is 8.69. The summed E-state index contributed by atoms with van der Waals surface area (Å²) in [6.45, 7) is 5.52. The Morgan fingerprint density at radius 2 is 1.26 bits per heavy atom. The van der Waals surface area contributed by atoms with Crippen molar-refractivity contribution in [1.29, 1.82) is 0 Å². The monoisotopic (exact) mass is 619 g/mol. The van der Waals surface area contributed by atoms with Gasteiger partial charge in [0.05, 0.1) is 20.1 Å². The lowest BCUT2D eigenvalue weighted by Crippen LogP contribution is -2.65. The minimum Gasteiger partial charge on any atom is -0.756 e. The summed E-state index contributed by atoms with van der Waals surface area (Å²) < 4.78 is 28.2. The SMILES string of the molecule is CCCCCCCCCCCCCCCCCCOCCCC(COP(=O)([O-])O)(OC(=O)CC(C)=O)[N+]1(C)CCCC1. The Labute approximate surface area is 256 Å². The topological polar surface area (TPSA) is 122 Å². The van der Waals surface area contributed by atoms with Crippen molar-refractivity contribution in [1.82, 2.24) is 0 Å². The molecule has 0 aromatic rings. The highest BCUT2D eigenvalue weighted by Gasteiger charge is 2.53. The van der Waals surface area contributed by atoms with E-state index in [0.717, 1.165) is 25.7 Å². The second kappa shape index (κ2) is 22.6. The van der Waals surface area contributed by atoms with E-state index < -0.39 is 32.5 Å². The molecule has 0 radical (unpaired) electrons. The van der Waals surface area contributed by atoms with Gasteiger partial charge in [-0.05, 0) is 19.8 Å². The highest BCUT2D eigenvalue weighted by Crippen LogP contribution is 2.40. The van der Waals surface area contributed by atoms with Crippen LogP contribution in [0.4, 0.5) is 0 Å². The van der Waals surface area contributed by atoms with Crippen LogP contribution in [0, 0.1) is 0 Å². The zero-order chi connectivity index (χ0) is 31.2. The largest absolute Gasteiger partial charge is 0.756 e. The summed E-state index contributed by atoms with van der Waals surface area (Å²) in [4.78, 5) is 44.8. The first kappa shape index (κ1) is 39.2. The fourth-order valence-electron chi connectivity index (χ4n) is 6.07. The molecule has 1 aliphatic heterocycles. The van der Waals surface area contributed by atoms with Crippen LogP contribution in [0.25, 0.3) is 0 Å². The molecule has 0 aromatic heterocycles. The Balaban J connectivity index is 2.26. The van der Waals surface area contributed by atoms with Gasteiger partial charge in [-0.25, -0.2) is 0 Å². The average Bonchev–Trinajstić information content (AvgIpc) is 3.37. The number of unbranched alkanes of at least 4 members (excludes halogenated alkanes) is 15. The number of rotatable bonds is 28. The number of nitrogens with zero attached hydrogens (tertiary/aromatic N) is 1. The van der Waals surface area contributed by atoms with Gasteiger partial charge in [0.1, 0.15) is 18.8 Å². The van der Waals surface area contributed by atoms with Crippen molar-refractivity contribution in [2.75, 3.05) is 40.0 Å². The number of Topliss-reactive ketones (excluding diaryl/α,β-unsaturated/α-hetero) is 1. The molecular weight excluding hydrogens is 557 g/mol. The maximum atomic E-state index is 12.6. The first-order valence-electron chi connectivity index (χ1n) is 16.9. The van der Waals surface area contributed by atoms with Gasteiger partial charge in [-0.1, -0.05) is 103 Å². The van der Waals surface area contributed by atoms with Crippen molar-refractivity contribution < 1.29 is 42.4 Å². The molecule has 248 valence electrons. The molecule has 0 amide bonds. The first-order valence-corrected chi connectivity index (χ1v) is 18.4. The van der Waals surface area contributed by atoms with Crippen molar-refractivity contribution in [3.8, 4) is 0 Å². The van der Waals surface area contributed by atoms with Gasteiger partial charge in [0.15, 0.2) is 0 Å². The molecule has 1 N–H and O–H groups in total. The third-order valence-corrected chi connectivity index (χ3v) is 9.14. The maximum absolute atomic E-state index is 12.6. The van der Waals surface area contributed by atoms with E-state index in [9.17, 15) is 23.9 Å². The summed E-state index contributed by atoms with van der Waals surface area (Å²) in [6.07, 6.45) is 23.4. The zero-order valence-corrected chi connectivity index (χ0v) is 28.0. The summed E-state index contributed by atoms with van der Waals surface area (Å²) in [5, 5.41) is 0. The number of hydrogen-bond donors (Lipinski definition) is 1. The summed E-state index contributed by atoms with van der Waals surface area (Å²) in [7, 11) is -3.13. The lowest BCUT2D eigenvalue weighted by atomic mass is 10.0. The number of carbonyl (C=O) groups excluding carboxylic acids is 2.